The second kappa shape index (κ2) is 8.25. The van der Waals surface area contributed by atoms with Gasteiger partial charge in [0.2, 0.25) is 0 Å². The van der Waals surface area contributed by atoms with Crippen molar-refractivity contribution in [2.45, 2.75) is 38.2 Å². The van der Waals surface area contributed by atoms with Crippen molar-refractivity contribution in [1.82, 2.24) is 14.7 Å². The second-order valence-corrected chi connectivity index (χ2v) is 8.62. The molecule has 2 heterocycles. The molecule has 30 heavy (non-hydrogen) atoms. The van der Waals surface area contributed by atoms with Gasteiger partial charge in [0.1, 0.15) is 5.69 Å². The van der Waals surface area contributed by atoms with E-state index in [9.17, 15) is 9.90 Å². The van der Waals surface area contributed by atoms with Crippen LogP contribution in [0, 0.1) is 0 Å². The zero-order valence-electron chi connectivity index (χ0n) is 17.3. The third kappa shape index (κ3) is 4.00. The topological polar surface area (TPSA) is 58.4 Å². The molecule has 156 valence electrons. The van der Waals surface area contributed by atoms with Gasteiger partial charge in [-0.15, -0.1) is 0 Å². The zero-order chi connectivity index (χ0) is 21.3. The van der Waals surface area contributed by atoms with Gasteiger partial charge in [0.15, 0.2) is 0 Å². The molecule has 1 aliphatic rings. The molecule has 1 N–H and O–H groups in total. The number of likely N-dealkylation sites (tertiary alicyclic amines) is 1. The second-order valence-electron chi connectivity index (χ2n) is 8.19. The maximum absolute atomic E-state index is 13.4. The molecule has 1 aliphatic heterocycles. The monoisotopic (exact) mass is 423 g/mol. The lowest BCUT2D eigenvalue weighted by Gasteiger charge is -2.38. The molecule has 3 aromatic rings. The summed E-state index contributed by atoms with van der Waals surface area (Å²) < 4.78 is 1.73. The average Bonchev–Trinajstić information content (AvgIpc) is 3.21. The number of hydrogen-bond donors (Lipinski definition) is 1. The molecule has 0 atom stereocenters. The Balaban J connectivity index is 1.56. The number of carbonyl (C=O) groups excluding carboxylic acids is 1. The lowest BCUT2D eigenvalue weighted by molar-refractivity contribution is -0.0213. The predicted molar refractivity (Wildman–Crippen MR) is 118 cm³/mol. The summed E-state index contributed by atoms with van der Waals surface area (Å²) in [5.41, 5.74) is 2.21. The lowest BCUT2D eigenvalue weighted by atomic mass is 9.84. The van der Waals surface area contributed by atoms with Crippen molar-refractivity contribution >= 4 is 17.5 Å². The Labute approximate surface area is 181 Å². The number of nitrogens with zero attached hydrogens (tertiary/aromatic N) is 3. The van der Waals surface area contributed by atoms with Crippen LogP contribution in [0.25, 0.3) is 5.69 Å². The van der Waals surface area contributed by atoms with Gasteiger partial charge in [-0.2, -0.15) is 5.10 Å². The minimum atomic E-state index is -0.940. The van der Waals surface area contributed by atoms with E-state index in [0.717, 1.165) is 16.9 Å². The van der Waals surface area contributed by atoms with Crippen LogP contribution < -0.4 is 0 Å². The van der Waals surface area contributed by atoms with Crippen LogP contribution >= 0.6 is 11.6 Å². The predicted octanol–water partition coefficient (Wildman–Crippen LogP) is 4.77. The van der Waals surface area contributed by atoms with Crippen molar-refractivity contribution in [2.24, 2.45) is 0 Å². The normalized spacial score (nSPS) is 16.1. The van der Waals surface area contributed by atoms with Crippen LogP contribution in [-0.2, 0) is 5.60 Å². The summed E-state index contributed by atoms with van der Waals surface area (Å²) in [5, 5.41) is 16.4. The van der Waals surface area contributed by atoms with Crippen molar-refractivity contribution < 1.29 is 9.90 Å². The van der Waals surface area contributed by atoms with Gasteiger partial charge in [-0.25, -0.2) is 4.68 Å². The Morgan fingerprint density at radius 2 is 1.70 bits per heavy atom. The number of aliphatic hydroxyl groups is 1. The molecule has 0 unspecified atom stereocenters. The fraction of sp³-hybridized carbons (Fsp3) is 0.333. The van der Waals surface area contributed by atoms with Gasteiger partial charge in [-0.05, 0) is 54.7 Å². The highest BCUT2D eigenvalue weighted by Gasteiger charge is 2.36. The summed E-state index contributed by atoms with van der Waals surface area (Å²) in [6.07, 6.45) is 0.966. The Bertz CT molecular complexity index is 1020. The van der Waals surface area contributed by atoms with E-state index in [2.05, 4.69) is 18.9 Å². The smallest absolute Gasteiger partial charge is 0.272 e. The molecule has 0 spiro atoms. The molecule has 2 aromatic carbocycles. The number of aromatic nitrogens is 2. The molecule has 5 nitrogen and oxygen atoms in total. The van der Waals surface area contributed by atoms with E-state index in [0.29, 0.717) is 36.6 Å². The largest absolute Gasteiger partial charge is 0.385 e. The summed E-state index contributed by atoms with van der Waals surface area (Å²) in [6.45, 7) is 5.10. The van der Waals surface area contributed by atoms with Crippen molar-refractivity contribution in [2.75, 3.05) is 13.1 Å². The van der Waals surface area contributed by atoms with Crippen LogP contribution in [0.15, 0.2) is 60.7 Å². The Morgan fingerprint density at radius 3 is 2.30 bits per heavy atom. The molecule has 1 amide bonds. The first-order valence-corrected chi connectivity index (χ1v) is 10.7. The standard InChI is InChI=1S/C24H26ClN3O2/c1-17(2)21-16-22(28(26-21)20-6-4-3-5-7-20)23(29)27-14-12-24(30,13-15-27)18-8-10-19(25)11-9-18/h3-11,16-17,30H,12-15H2,1-2H3. The maximum Gasteiger partial charge on any atom is 0.272 e. The SMILES string of the molecule is CC(C)c1cc(C(=O)N2CCC(O)(c3ccc(Cl)cc3)CC2)n(-c2ccccc2)n1. The van der Waals surface area contributed by atoms with Gasteiger partial charge in [-0.3, -0.25) is 4.79 Å². The Hall–Kier alpha value is -2.63. The quantitative estimate of drug-likeness (QED) is 0.657. The van der Waals surface area contributed by atoms with E-state index in [1.807, 2.05) is 53.4 Å². The number of hydrogen-bond acceptors (Lipinski definition) is 3. The third-order valence-electron chi connectivity index (χ3n) is 5.80. The fourth-order valence-corrected chi connectivity index (χ4v) is 4.02. The minimum Gasteiger partial charge on any atom is -0.385 e. The van der Waals surface area contributed by atoms with Gasteiger partial charge >= 0.3 is 0 Å². The number of amides is 1. The van der Waals surface area contributed by atoms with Crippen molar-refractivity contribution in [3.63, 3.8) is 0 Å². The molecule has 1 aromatic heterocycles. The summed E-state index contributed by atoms with van der Waals surface area (Å²) in [6, 6.07) is 18.9. The molecule has 1 saturated heterocycles. The molecule has 4 rings (SSSR count). The van der Waals surface area contributed by atoms with E-state index >= 15 is 0 Å². The van der Waals surface area contributed by atoms with Crippen LogP contribution in [0.2, 0.25) is 5.02 Å². The molecule has 0 saturated carbocycles. The molecular weight excluding hydrogens is 398 g/mol. The van der Waals surface area contributed by atoms with Gasteiger partial charge < -0.3 is 10.0 Å². The van der Waals surface area contributed by atoms with E-state index in [4.69, 9.17) is 11.6 Å². The first kappa shape index (κ1) is 20.6. The molecule has 0 bridgehead atoms. The van der Waals surface area contributed by atoms with Crippen LogP contribution in [0.4, 0.5) is 0 Å². The average molecular weight is 424 g/mol. The van der Waals surface area contributed by atoms with E-state index in [-0.39, 0.29) is 11.8 Å². The van der Waals surface area contributed by atoms with Gasteiger partial charge in [-0.1, -0.05) is 55.8 Å². The van der Waals surface area contributed by atoms with Crippen LogP contribution in [-0.4, -0.2) is 38.8 Å². The molecule has 1 fully saturated rings. The first-order valence-electron chi connectivity index (χ1n) is 10.3. The molecule has 0 radical (unpaired) electrons. The summed E-state index contributed by atoms with van der Waals surface area (Å²) >= 11 is 5.98. The number of halogens is 1. The highest BCUT2D eigenvalue weighted by atomic mass is 35.5. The van der Waals surface area contributed by atoms with Crippen LogP contribution in [0.1, 0.15) is 54.4 Å². The molecular formula is C24H26ClN3O2. The van der Waals surface area contributed by atoms with Gasteiger partial charge in [0.05, 0.1) is 17.0 Å². The summed E-state index contributed by atoms with van der Waals surface area (Å²) in [4.78, 5) is 15.2. The maximum atomic E-state index is 13.4. The van der Waals surface area contributed by atoms with E-state index in [1.54, 1.807) is 16.8 Å². The number of benzene rings is 2. The summed E-state index contributed by atoms with van der Waals surface area (Å²) in [5.74, 6) is 0.161. The fourth-order valence-electron chi connectivity index (χ4n) is 3.89. The Kier molecular flexibility index (Phi) is 5.67. The molecule has 0 aliphatic carbocycles. The molecule has 6 heteroatoms. The van der Waals surface area contributed by atoms with E-state index < -0.39 is 5.60 Å². The summed E-state index contributed by atoms with van der Waals surface area (Å²) in [7, 11) is 0. The third-order valence-corrected chi connectivity index (χ3v) is 6.05. The van der Waals surface area contributed by atoms with Crippen LogP contribution in [0.3, 0.4) is 0 Å². The highest BCUT2D eigenvalue weighted by Crippen LogP contribution is 2.34. The van der Waals surface area contributed by atoms with Crippen molar-refractivity contribution in [1.29, 1.82) is 0 Å². The minimum absolute atomic E-state index is 0.0589. The van der Waals surface area contributed by atoms with Crippen molar-refractivity contribution in [3.8, 4) is 5.69 Å². The number of para-hydroxylation sites is 1. The van der Waals surface area contributed by atoms with Gasteiger partial charge in [0.25, 0.3) is 5.91 Å². The van der Waals surface area contributed by atoms with Crippen LogP contribution in [0.5, 0.6) is 0 Å². The number of rotatable bonds is 4. The zero-order valence-corrected chi connectivity index (χ0v) is 18.0. The van der Waals surface area contributed by atoms with Crippen molar-refractivity contribution in [3.05, 3.63) is 82.6 Å². The Morgan fingerprint density at radius 1 is 1.07 bits per heavy atom. The van der Waals surface area contributed by atoms with Gasteiger partial charge in [0, 0.05) is 18.1 Å². The van der Waals surface area contributed by atoms with E-state index in [1.165, 1.54) is 0 Å². The number of carbonyl (C=O) groups is 1. The number of piperidine rings is 1. The lowest BCUT2D eigenvalue weighted by Crippen LogP contribution is -2.45. The first-order chi connectivity index (χ1) is 14.4. The highest BCUT2D eigenvalue weighted by molar-refractivity contribution is 6.30.